The first kappa shape index (κ1) is 15.2. The zero-order valence-electron chi connectivity index (χ0n) is 12.5. The Bertz CT molecular complexity index is 774. The standard InChI is InChI=1S/C16H15N5OS/c1-23-16-20-19-15(12-22-14-5-3-2-4-6-14)21(16)18-11-13-7-9-17-10-8-13/h2-11H,12H2,1H3/b18-11-. The Morgan fingerprint density at radius 2 is 1.91 bits per heavy atom. The van der Waals surface area contributed by atoms with Crippen molar-refractivity contribution in [2.75, 3.05) is 6.26 Å². The quantitative estimate of drug-likeness (QED) is 0.515. The number of nitrogens with zero attached hydrogens (tertiary/aromatic N) is 5. The maximum Gasteiger partial charge on any atom is 0.211 e. The molecule has 7 heteroatoms. The van der Waals surface area contributed by atoms with Crippen LogP contribution >= 0.6 is 11.8 Å². The molecule has 0 radical (unpaired) electrons. The number of thioether (sulfide) groups is 1. The number of para-hydroxylation sites is 1. The number of ether oxygens (including phenoxy) is 1. The van der Waals surface area contributed by atoms with Crippen LogP contribution in [0.5, 0.6) is 5.75 Å². The minimum atomic E-state index is 0.297. The van der Waals surface area contributed by atoms with Crippen molar-refractivity contribution < 1.29 is 4.74 Å². The van der Waals surface area contributed by atoms with Crippen molar-refractivity contribution in [3.63, 3.8) is 0 Å². The van der Waals surface area contributed by atoms with Crippen LogP contribution in [0.25, 0.3) is 0 Å². The molecule has 1 aromatic carbocycles. The van der Waals surface area contributed by atoms with E-state index < -0.39 is 0 Å². The summed E-state index contributed by atoms with van der Waals surface area (Å²) in [5.74, 6) is 1.43. The van der Waals surface area contributed by atoms with Gasteiger partial charge in [-0.15, -0.1) is 10.2 Å². The Labute approximate surface area is 138 Å². The summed E-state index contributed by atoms with van der Waals surface area (Å²) >= 11 is 1.48. The van der Waals surface area contributed by atoms with Crippen LogP contribution < -0.4 is 4.74 Å². The molecule has 0 bridgehead atoms. The van der Waals surface area contributed by atoms with Crippen LogP contribution in [0.15, 0.2) is 65.1 Å². The van der Waals surface area contributed by atoms with Crippen molar-refractivity contribution in [2.24, 2.45) is 5.10 Å². The lowest BCUT2D eigenvalue weighted by molar-refractivity contribution is 0.290. The van der Waals surface area contributed by atoms with Crippen molar-refractivity contribution in [2.45, 2.75) is 11.8 Å². The minimum Gasteiger partial charge on any atom is -0.486 e. The van der Waals surface area contributed by atoms with Crippen LogP contribution in [-0.2, 0) is 6.61 Å². The predicted molar refractivity (Wildman–Crippen MR) is 89.8 cm³/mol. The lowest BCUT2D eigenvalue weighted by Gasteiger charge is -2.06. The molecule has 0 amide bonds. The predicted octanol–water partition coefficient (Wildman–Crippen LogP) is 2.86. The second-order valence-corrected chi connectivity index (χ2v) is 5.31. The summed E-state index contributed by atoms with van der Waals surface area (Å²) in [6.45, 7) is 0.297. The van der Waals surface area contributed by atoms with Gasteiger partial charge in [0.25, 0.3) is 0 Å². The van der Waals surface area contributed by atoms with E-state index in [9.17, 15) is 0 Å². The highest BCUT2D eigenvalue weighted by Gasteiger charge is 2.11. The van der Waals surface area contributed by atoms with E-state index in [-0.39, 0.29) is 0 Å². The Balaban J connectivity index is 1.78. The summed E-state index contributed by atoms with van der Waals surface area (Å²) in [4.78, 5) is 3.99. The molecule has 0 N–H and O–H groups in total. The molecule has 0 unspecified atom stereocenters. The molecule has 0 fully saturated rings. The molecule has 23 heavy (non-hydrogen) atoms. The monoisotopic (exact) mass is 325 g/mol. The zero-order chi connectivity index (χ0) is 15.9. The van der Waals surface area contributed by atoms with Crippen LogP contribution in [0, 0.1) is 0 Å². The Morgan fingerprint density at radius 1 is 1.13 bits per heavy atom. The average molecular weight is 325 g/mol. The van der Waals surface area contributed by atoms with Gasteiger partial charge in [0, 0.05) is 12.4 Å². The smallest absolute Gasteiger partial charge is 0.211 e. The number of pyridine rings is 1. The zero-order valence-corrected chi connectivity index (χ0v) is 13.3. The minimum absolute atomic E-state index is 0.297. The van der Waals surface area contributed by atoms with E-state index in [1.54, 1.807) is 23.3 Å². The van der Waals surface area contributed by atoms with Gasteiger partial charge in [-0.3, -0.25) is 4.98 Å². The third kappa shape index (κ3) is 3.95. The van der Waals surface area contributed by atoms with Gasteiger partial charge < -0.3 is 4.74 Å². The van der Waals surface area contributed by atoms with Crippen molar-refractivity contribution in [1.82, 2.24) is 19.9 Å². The molecule has 0 aliphatic rings. The Morgan fingerprint density at radius 3 is 2.65 bits per heavy atom. The number of benzene rings is 1. The third-order valence-electron chi connectivity index (χ3n) is 3.00. The van der Waals surface area contributed by atoms with Crippen LogP contribution in [0.4, 0.5) is 0 Å². The molecule has 116 valence electrons. The lowest BCUT2D eigenvalue weighted by Crippen LogP contribution is -2.04. The van der Waals surface area contributed by atoms with E-state index >= 15 is 0 Å². The second kappa shape index (κ2) is 7.55. The molecule has 3 aromatic rings. The summed E-state index contributed by atoms with van der Waals surface area (Å²) < 4.78 is 7.41. The highest BCUT2D eigenvalue weighted by atomic mass is 32.2. The van der Waals surface area contributed by atoms with Gasteiger partial charge in [-0.25, -0.2) is 0 Å². The number of hydrogen-bond acceptors (Lipinski definition) is 6. The van der Waals surface area contributed by atoms with E-state index in [4.69, 9.17) is 4.74 Å². The van der Waals surface area contributed by atoms with Gasteiger partial charge in [0.1, 0.15) is 12.4 Å². The maximum absolute atomic E-state index is 5.73. The van der Waals surface area contributed by atoms with E-state index in [1.165, 1.54) is 11.8 Å². The topological polar surface area (TPSA) is 65.2 Å². The molecule has 0 saturated carbocycles. The van der Waals surface area contributed by atoms with E-state index in [0.717, 1.165) is 11.3 Å². The van der Waals surface area contributed by atoms with E-state index in [2.05, 4.69) is 20.3 Å². The van der Waals surface area contributed by atoms with Crippen LogP contribution in [0.2, 0.25) is 0 Å². The molecule has 0 saturated heterocycles. The highest BCUT2D eigenvalue weighted by Crippen LogP contribution is 2.16. The van der Waals surface area contributed by atoms with E-state index in [1.807, 2.05) is 48.7 Å². The van der Waals surface area contributed by atoms with Gasteiger partial charge in [-0.2, -0.15) is 9.78 Å². The lowest BCUT2D eigenvalue weighted by atomic mass is 10.3. The van der Waals surface area contributed by atoms with Gasteiger partial charge in [-0.1, -0.05) is 30.0 Å². The summed E-state index contributed by atoms with van der Waals surface area (Å²) in [6, 6.07) is 13.4. The van der Waals surface area contributed by atoms with Gasteiger partial charge >= 0.3 is 0 Å². The molecule has 0 aliphatic carbocycles. The summed E-state index contributed by atoms with van der Waals surface area (Å²) in [7, 11) is 0. The van der Waals surface area contributed by atoms with Crippen LogP contribution in [0.3, 0.4) is 0 Å². The largest absolute Gasteiger partial charge is 0.486 e. The summed E-state index contributed by atoms with van der Waals surface area (Å²) in [5, 5.41) is 13.5. The van der Waals surface area contributed by atoms with Crippen molar-refractivity contribution in [1.29, 1.82) is 0 Å². The SMILES string of the molecule is CSc1nnc(COc2ccccc2)n1/N=C\c1ccncc1. The van der Waals surface area contributed by atoms with Gasteiger partial charge in [-0.05, 0) is 36.1 Å². The van der Waals surface area contributed by atoms with E-state index in [0.29, 0.717) is 17.6 Å². The number of hydrogen-bond donors (Lipinski definition) is 0. The molecule has 2 aromatic heterocycles. The normalized spacial score (nSPS) is 11.0. The van der Waals surface area contributed by atoms with Crippen molar-refractivity contribution in [3.8, 4) is 5.75 Å². The molecule has 6 nitrogen and oxygen atoms in total. The molecule has 2 heterocycles. The summed E-state index contributed by atoms with van der Waals surface area (Å²) in [6.07, 6.45) is 7.13. The number of aromatic nitrogens is 4. The molecule has 3 rings (SSSR count). The third-order valence-corrected chi connectivity index (χ3v) is 3.62. The van der Waals surface area contributed by atoms with Crippen molar-refractivity contribution in [3.05, 3.63) is 66.2 Å². The fourth-order valence-electron chi connectivity index (χ4n) is 1.87. The highest BCUT2D eigenvalue weighted by molar-refractivity contribution is 7.98. The molecular weight excluding hydrogens is 310 g/mol. The molecule has 0 aliphatic heterocycles. The second-order valence-electron chi connectivity index (χ2n) is 4.54. The first-order chi connectivity index (χ1) is 11.4. The Hall–Kier alpha value is -2.67. The maximum atomic E-state index is 5.73. The molecular formula is C16H15N5OS. The fourth-order valence-corrected chi connectivity index (χ4v) is 2.32. The van der Waals surface area contributed by atoms with Crippen LogP contribution in [-0.4, -0.2) is 32.3 Å². The van der Waals surface area contributed by atoms with Crippen molar-refractivity contribution >= 4 is 18.0 Å². The average Bonchev–Trinajstić information content (AvgIpc) is 3.02. The first-order valence-corrected chi connectivity index (χ1v) is 8.20. The van der Waals surface area contributed by atoms with Gasteiger partial charge in [0.05, 0.1) is 6.21 Å². The number of rotatable bonds is 6. The van der Waals surface area contributed by atoms with Crippen LogP contribution in [0.1, 0.15) is 11.4 Å². The molecule has 0 spiro atoms. The Kier molecular flexibility index (Phi) is 5.00. The summed E-state index contributed by atoms with van der Waals surface area (Å²) in [5.41, 5.74) is 0.954. The van der Waals surface area contributed by atoms with Gasteiger partial charge in [0.2, 0.25) is 5.16 Å². The van der Waals surface area contributed by atoms with Gasteiger partial charge in [0.15, 0.2) is 5.82 Å². The fraction of sp³-hybridized carbons (Fsp3) is 0.125. The molecule has 0 atom stereocenters. The first-order valence-electron chi connectivity index (χ1n) is 6.97.